The van der Waals surface area contributed by atoms with Crippen LogP contribution >= 0.6 is 11.6 Å². The van der Waals surface area contributed by atoms with E-state index in [-0.39, 0.29) is 29.5 Å². The number of ether oxygens (including phenoxy) is 1. The van der Waals surface area contributed by atoms with E-state index in [2.05, 4.69) is 5.32 Å². The van der Waals surface area contributed by atoms with Crippen LogP contribution in [0.15, 0.2) is 144 Å². The van der Waals surface area contributed by atoms with Crippen LogP contribution < -0.4 is 14.4 Å². The lowest BCUT2D eigenvalue weighted by molar-refractivity contribution is -0.140. The SMILES string of the molecule is CC(C)(C)NC(=O)[C@H](Cc1ccccc1)N(Cc1cccc(Cl)c1)C(=O)CN(c1ccc(Oc2ccccc2)cc1)S(=O)(=O)c1ccccc1. The van der Waals surface area contributed by atoms with Crippen molar-refractivity contribution in [2.24, 2.45) is 0 Å². The first-order valence-corrected chi connectivity index (χ1v) is 18.0. The number of para-hydroxylation sites is 1. The molecule has 0 radical (unpaired) electrons. The summed E-state index contributed by atoms with van der Waals surface area (Å²) < 4.78 is 35.6. The van der Waals surface area contributed by atoms with Crippen molar-refractivity contribution in [2.45, 2.75) is 50.2 Å². The van der Waals surface area contributed by atoms with E-state index >= 15 is 0 Å². The number of hydrogen-bond donors (Lipinski definition) is 1. The maximum Gasteiger partial charge on any atom is 0.264 e. The Labute approximate surface area is 299 Å². The second kappa shape index (κ2) is 16.1. The van der Waals surface area contributed by atoms with Gasteiger partial charge in [0.2, 0.25) is 11.8 Å². The molecule has 8 nitrogen and oxygen atoms in total. The van der Waals surface area contributed by atoms with Crippen molar-refractivity contribution < 1.29 is 22.7 Å². The van der Waals surface area contributed by atoms with Crippen molar-refractivity contribution in [3.05, 3.63) is 156 Å². The number of carbonyl (C=O) groups is 2. The van der Waals surface area contributed by atoms with Gasteiger partial charge >= 0.3 is 0 Å². The van der Waals surface area contributed by atoms with Gasteiger partial charge in [0.05, 0.1) is 10.6 Å². The van der Waals surface area contributed by atoms with Crippen molar-refractivity contribution in [3.8, 4) is 11.5 Å². The summed E-state index contributed by atoms with van der Waals surface area (Å²) in [7, 11) is -4.24. The van der Waals surface area contributed by atoms with E-state index in [1.807, 2.05) is 87.5 Å². The average Bonchev–Trinajstić information content (AvgIpc) is 3.09. The minimum Gasteiger partial charge on any atom is -0.457 e. The normalized spacial score (nSPS) is 12.1. The van der Waals surface area contributed by atoms with Gasteiger partial charge in [0.1, 0.15) is 24.1 Å². The molecule has 2 amide bonds. The molecule has 50 heavy (non-hydrogen) atoms. The topological polar surface area (TPSA) is 96.0 Å². The molecule has 10 heteroatoms. The number of carbonyl (C=O) groups excluding carboxylic acids is 2. The molecule has 0 saturated heterocycles. The smallest absolute Gasteiger partial charge is 0.264 e. The maximum atomic E-state index is 14.7. The molecule has 0 aliphatic heterocycles. The largest absolute Gasteiger partial charge is 0.457 e. The quantitative estimate of drug-likeness (QED) is 0.134. The summed E-state index contributed by atoms with van der Waals surface area (Å²) in [6, 6.07) is 39.1. The molecular weight excluding hydrogens is 670 g/mol. The van der Waals surface area contributed by atoms with Gasteiger partial charge in [-0.2, -0.15) is 0 Å². The highest BCUT2D eigenvalue weighted by molar-refractivity contribution is 7.92. The van der Waals surface area contributed by atoms with E-state index in [9.17, 15) is 18.0 Å². The first-order chi connectivity index (χ1) is 23.9. The van der Waals surface area contributed by atoms with Crippen molar-refractivity contribution in [1.29, 1.82) is 0 Å². The third-order valence-electron chi connectivity index (χ3n) is 7.72. The molecule has 5 rings (SSSR count). The zero-order valence-electron chi connectivity index (χ0n) is 28.2. The third-order valence-corrected chi connectivity index (χ3v) is 9.75. The number of sulfonamides is 1. The highest BCUT2D eigenvalue weighted by atomic mass is 35.5. The van der Waals surface area contributed by atoms with Crippen molar-refractivity contribution in [3.63, 3.8) is 0 Å². The van der Waals surface area contributed by atoms with Crippen molar-refractivity contribution in [1.82, 2.24) is 10.2 Å². The molecule has 1 N–H and O–H groups in total. The van der Waals surface area contributed by atoms with Gasteiger partial charge in [-0.1, -0.05) is 90.5 Å². The fourth-order valence-corrected chi connectivity index (χ4v) is 7.04. The minimum atomic E-state index is -4.24. The molecule has 0 bridgehead atoms. The zero-order chi connectivity index (χ0) is 35.7. The molecule has 0 aliphatic carbocycles. The number of benzene rings is 5. The summed E-state index contributed by atoms with van der Waals surface area (Å²) >= 11 is 6.34. The molecule has 0 heterocycles. The first-order valence-electron chi connectivity index (χ1n) is 16.2. The van der Waals surface area contributed by atoms with Gasteiger partial charge in [-0.15, -0.1) is 0 Å². The summed E-state index contributed by atoms with van der Waals surface area (Å²) in [6.45, 7) is 5.04. The fourth-order valence-electron chi connectivity index (χ4n) is 5.39. The van der Waals surface area contributed by atoms with Gasteiger partial charge in [-0.25, -0.2) is 8.42 Å². The van der Waals surface area contributed by atoms with Gasteiger partial charge in [0, 0.05) is 23.5 Å². The Hall–Kier alpha value is -5.12. The van der Waals surface area contributed by atoms with Crippen molar-refractivity contribution >= 4 is 39.1 Å². The van der Waals surface area contributed by atoms with E-state index in [4.69, 9.17) is 16.3 Å². The monoisotopic (exact) mass is 709 g/mol. The molecule has 0 fully saturated rings. The standard InChI is InChI=1S/C40H40ClN3O5S/c1-40(2,3)42-39(46)37(27-30-14-7-4-8-15-30)43(28-31-16-13-17-32(41)26-31)38(45)29-44(50(47,48)36-20-11-6-12-21-36)33-22-24-35(25-23-33)49-34-18-9-5-10-19-34/h4-26,37H,27-29H2,1-3H3,(H,42,46)/t37-/m0/s1. The molecule has 5 aromatic carbocycles. The number of hydrogen-bond acceptors (Lipinski definition) is 5. The molecule has 0 spiro atoms. The number of anilines is 1. The summed E-state index contributed by atoms with van der Waals surface area (Å²) in [5.74, 6) is 0.183. The lowest BCUT2D eigenvalue weighted by atomic mass is 10.0. The zero-order valence-corrected chi connectivity index (χ0v) is 29.8. The van der Waals surface area contributed by atoms with E-state index < -0.39 is 34.1 Å². The molecule has 0 aliphatic rings. The van der Waals surface area contributed by atoms with Gasteiger partial charge in [-0.05, 0) is 92.6 Å². The lowest BCUT2D eigenvalue weighted by Gasteiger charge is -2.35. The number of nitrogens with zero attached hydrogens (tertiary/aromatic N) is 2. The number of halogens is 1. The predicted molar refractivity (Wildman–Crippen MR) is 198 cm³/mol. The highest BCUT2D eigenvalue weighted by Crippen LogP contribution is 2.29. The van der Waals surface area contributed by atoms with Gasteiger partial charge < -0.3 is 15.0 Å². The second-order valence-electron chi connectivity index (χ2n) is 12.8. The van der Waals surface area contributed by atoms with Crippen LogP contribution in [0.3, 0.4) is 0 Å². The molecule has 0 saturated carbocycles. The van der Waals surface area contributed by atoms with E-state index in [0.29, 0.717) is 22.1 Å². The van der Waals surface area contributed by atoms with Crippen LogP contribution in [0.4, 0.5) is 5.69 Å². The Bertz CT molecular complexity index is 1990. The van der Waals surface area contributed by atoms with E-state index in [1.165, 1.54) is 17.0 Å². The lowest BCUT2D eigenvalue weighted by Crippen LogP contribution is -2.56. The third kappa shape index (κ3) is 9.74. The summed E-state index contributed by atoms with van der Waals surface area (Å²) in [5.41, 5.74) is 1.19. The predicted octanol–water partition coefficient (Wildman–Crippen LogP) is 7.88. The number of amides is 2. The van der Waals surface area contributed by atoms with Gasteiger partial charge in [0.25, 0.3) is 10.0 Å². The van der Waals surface area contributed by atoms with Gasteiger partial charge in [-0.3, -0.25) is 13.9 Å². The first kappa shape index (κ1) is 36.2. The molecular formula is C40H40ClN3O5S. The average molecular weight is 710 g/mol. The van der Waals surface area contributed by atoms with Crippen LogP contribution in [0.25, 0.3) is 0 Å². The summed E-state index contributed by atoms with van der Waals surface area (Å²) in [6.07, 6.45) is 0.200. The second-order valence-corrected chi connectivity index (χ2v) is 15.1. The molecule has 258 valence electrons. The summed E-state index contributed by atoms with van der Waals surface area (Å²) in [4.78, 5) is 30.2. The van der Waals surface area contributed by atoms with Crippen molar-refractivity contribution in [2.75, 3.05) is 10.8 Å². The molecule has 1 atom stereocenters. The van der Waals surface area contributed by atoms with E-state index in [0.717, 1.165) is 9.87 Å². The summed E-state index contributed by atoms with van der Waals surface area (Å²) in [5, 5.41) is 3.51. The van der Waals surface area contributed by atoms with Crippen LogP contribution in [-0.2, 0) is 32.6 Å². The minimum absolute atomic E-state index is 0.0114. The van der Waals surface area contributed by atoms with Crippen LogP contribution in [0, 0.1) is 0 Å². The van der Waals surface area contributed by atoms with Crippen LogP contribution in [0.1, 0.15) is 31.9 Å². The Kier molecular flexibility index (Phi) is 11.6. The fraction of sp³-hybridized carbons (Fsp3) is 0.200. The van der Waals surface area contributed by atoms with Crippen LogP contribution in [0.5, 0.6) is 11.5 Å². The van der Waals surface area contributed by atoms with Crippen LogP contribution in [-0.4, -0.2) is 43.3 Å². The Morgan fingerprint density at radius 1 is 0.740 bits per heavy atom. The number of rotatable bonds is 13. The molecule has 0 unspecified atom stereocenters. The van der Waals surface area contributed by atoms with Gasteiger partial charge in [0.15, 0.2) is 0 Å². The molecule has 0 aromatic heterocycles. The molecule has 5 aromatic rings. The van der Waals surface area contributed by atoms with Crippen LogP contribution in [0.2, 0.25) is 5.02 Å². The Balaban J connectivity index is 1.56. The van der Waals surface area contributed by atoms with E-state index in [1.54, 1.807) is 60.7 Å². The maximum absolute atomic E-state index is 14.7. The highest BCUT2D eigenvalue weighted by Gasteiger charge is 2.35. The number of nitrogens with one attached hydrogen (secondary N) is 1. The Morgan fingerprint density at radius 2 is 1.30 bits per heavy atom. The Morgan fingerprint density at radius 3 is 1.90 bits per heavy atom.